The van der Waals surface area contributed by atoms with Gasteiger partial charge in [-0.25, -0.2) is 0 Å². The molecule has 3 heterocycles. The summed E-state index contributed by atoms with van der Waals surface area (Å²) in [6.07, 6.45) is 2.33. The number of hydrogen-bond donors (Lipinski definition) is 0. The molecule has 0 radical (unpaired) electrons. The largest absolute Gasteiger partial charge is 0.375 e. The van der Waals surface area contributed by atoms with E-state index >= 15 is 0 Å². The van der Waals surface area contributed by atoms with Crippen LogP contribution < -0.4 is 0 Å². The highest BCUT2D eigenvalue weighted by molar-refractivity contribution is 5.46. The van der Waals surface area contributed by atoms with Crippen molar-refractivity contribution in [3.05, 3.63) is 24.2 Å². The predicted molar refractivity (Wildman–Crippen MR) is 75.5 cm³/mol. The van der Waals surface area contributed by atoms with Gasteiger partial charge in [-0.1, -0.05) is 5.16 Å². The summed E-state index contributed by atoms with van der Waals surface area (Å²) in [4.78, 5) is 6.76. The molecule has 1 aliphatic rings. The molecule has 1 fully saturated rings. The standard InChI is InChI=1S/C14H19N5O2/c1-10(2)19-6-7-20-11(9-19)8-13-16-14(18-21-13)12-4-3-5-15-17-12/h3-5,10-11H,6-9H2,1-2H3. The van der Waals surface area contributed by atoms with Gasteiger partial charge in [-0.05, 0) is 26.0 Å². The van der Waals surface area contributed by atoms with E-state index in [2.05, 4.69) is 39.1 Å². The Morgan fingerprint density at radius 3 is 3.10 bits per heavy atom. The smallest absolute Gasteiger partial charge is 0.229 e. The van der Waals surface area contributed by atoms with Crippen LogP contribution in [0.2, 0.25) is 0 Å². The van der Waals surface area contributed by atoms with Gasteiger partial charge >= 0.3 is 0 Å². The Labute approximate surface area is 123 Å². The maximum absolute atomic E-state index is 5.78. The summed E-state index contributed by atoms with van der Waals surface area (Å²) >= 11 is 0. The Kier molecular flexibility index (Phi) is 4.21. The fourth-order valence-corrected chi connectivity index (χ4v) is 2.39. The molecule has 0 amide bonds. The van der Waals surface area contributed by atoms with E-state index in [0.29, 0.717) is 29.9 Å². The average Bonchev–Trinajstić information content (AvgIpc) is 2.97. The first-order chi connectivity index (χ1) is 10.2. The Balaban J connectivity index is 1.65. The summed E-state index contributed by atoms with van der Waals surface area (Å²) in [7, 11) is 0. The SMILES string of the molecule is CC(C)N1CCOC(Cc2nc(-c3cccnn3)no2)C1. The molecule has 2 aromatic heterocycles. The molecule has 1 atom stereocenters. The van der Waals surface area contributed by atoms with Crippen molar-refractivity contribution < 1.29 is 9.26 Å². The quantitative estimate of drug-likeness (QED) is 0.836. The third kappa shape index (κ3) is 3.43. The lowest BCUT2D eigenvalue weighted by Gasteiger charge is -2.34. The van der Waals surface area contributed by atoms with Crippen molar-refractivity contribution in [2.75, 3.05) is 19.7 Å². The number of morpholine rings is 1. The molecule has 0 aliphatic carbocycles. The Morgan fingerprint density at radius 2 is 2.33 bits per heavy atom. The summed E-state index contributed by atoms with van der Waals surface area (Å²) in [5, 5.41) is 11.7. The van der Waals surface area contributed by atoms with Crippen LogP contribution in [0, 0.1) is 0 Å². The van der Waals surface area contributed by atoms with Crippen molar-refractivity contribution in [3.8, 4) is 11.5 Å². The van der Waals surface area contributed by atoms with Crippen LogP contribution in [0.4, 0.5) is 0 Å². The number of hydrogen-bond acceptors (Lipinski definition) is 7. The third-order valence-corrected chi connectivity index (χ3v) is 3.57. The van der Waals surface area contributed by atoms with Crippen molar-refractivity contribution in [3.63, 3.8) is 0 Å². The second-order valence-electron chi connectivity index (χ2n) is 5.41. The van der Waals surface area contributed by atoms with E-state index in [-0.39, 0.29) is 6.10 Å². The molecule has 0 spiro atoms. The van der Waals surface area contributed by atoms with Crippen LogP contribution in [0.25, 0.3) is 11.5 Å². The van der Waals surface area contributed by atoms with Gasteiger partial charge in [0, 0.05) is 25.3 Å². The molecule has 1 unspecified atom stereocenters. The van der Waals surface area contributed by atoms with Gasteiger partial charge in [0.15, 0.2) is 0 Å². The van der Waals surface area contributed by atoms with Gasteiger partial charge in [-0.2, -0.15) is 10.1 Å². The van der Waals surface area contributed by atoms with E-state index < -0.39 is 0 Å². The molecule has 0 saturated carbocycles. The number of nitrogens with zero attached hydrogens (tertiary/aromatic N) is 5. The first-order valence-corrected chi connectivity index (χ1v) is 7.18. The normalized spacial score (nSPS) is 20.0. The molecule has 1 saturated heterocycles. The first-order valence-electron chi connectivity index (χ1n) is 7.18. The highest BCUT2D eigenvalue weighted by Gasteiger charge is 2.24. The summed E-state index contributed by atoms with van der Waals surface area (Å²) in [5.41, 5.74) is 0.612. The molecule has 7 nitrogen and oxygen atoms in total. The van der Waals surface area contributed by atoms with Crippen LogP contribution in [0.1, 0.15) is 19.7 Å². The Bertz CT molecular complexity index is 572. The van der Waals surface area contributed by atoms with E-state index in [0.717, 1.165) is 19.7 Å². The number of aromatic nitrogens is 4. The van der Waals surface area contributed by atoms with Gasteiger partial charge < -0.3 is 9.26 Å². The lowest BCUT2D eigenvalue weighted by atomic mass is 10.2. The molecular weight excluding hydrogens is 270 g/mol. The summed E-state index contributed by atoms with van der Waals surface area (Å²) in [6, 6.07) is 4.12. The monoisotopic (exact) mass is 289 g/mol. The second-order valence-corrected chi connectivity index (χ2v) is 5.41. The minimum absolute atomic E-state index is 0.0938. The van der Waals surface area contributed by atoms with Crippen LogP contribution in [0.15, 0.2) is 22.9 Å². The van der Waals surface area contributed by atoms with Gasteiger partial charge in [0.1, 0.15) is 5.69 Å². The molecule has 3 rings (SSSR count). The molecule has 0 aromatic carbocycles. The van der Waals surface area contributed by atoms with Gasteiger partial charge in [0.2, 0.25) is 11.7 Å². The lowest BCUT2D eigenvalue weighted by Crippen LogP contribution is -2.46. The molecule has 2 aromatic rings. The average molecular weight is 289 g/mol. The zero-order valence-corrected chi connectivity index (χ0v) is 12.3. The van der Waals surface area contributed by atoms with Crippen molar-refractivity contribution in [2.45, 2.75) is 32.4 Å². The first kappa shape index (κ1) is 14.1. The highest BCUT2D eigenvalue weighted by Crippen LogP contribution is 2.15. The highest BCUT2D eigenvalue weighted by atomic mass is 16.5. The molecular formula is C14H19N5O2. The molecule has 7 heteroatoms. The molecule has 0 bridgehead atoms. The minimum atomic E-state index is 0.0938. The van der Waals surface area contributed by atoms with Crippen molar-refractivity contribution in [1.82, 2.24) is 25.2 Å². The van der Waals surface area contributed by atoms with E-state index in [1.54, 1.807) is 18.3 Å². The van der Waals surface area contributed by atoms with Crippen LogP contribution in [-0.2, 0) is 11.2 Å². The second kappa shape index (κ2) is 6.28. The fraction of sp³-hybridized carbons (Fsp3) is 0.571. The number of ether oxygens (including phenoxy) is 1. The predicted octanol–water partition coefficient (Wildman–Crippen LogP) is 1.18. The van der Waals surface area contributed by atoms with E-state index in [1.165, 1.54) is 0 Å². The molecule has 0 N–H and O–H groups in total. The van der Waals surface area contributed by atoms with Gasteiger partial charge in [-0.15, -0.1) is 5.10 Å². The molecule has 1 aliphatic heterocycles. The summed E-state index contributed by atoms with van der Waals surface area (Å²) < 4.78 is 11.1. The van der Waals surface area contributed by atoms with Crippen LogP contribution in [0.5, 0.6) is 0 Å². The minimum Gasteiger partial charge on any atom is -0.375 e. The summed E-state index contributed by atoms with van der Waals surface area (Å²) in [6.45, 7) is 7.00. The molecule has 112 valence electrons. The topological polar surface area (TPSA) is 77.2 Å². The fourth-order valence-electron chi connectivity index (χ4n) is 2.39. The van der Waals surface area contributed by atoms with Crippen LogP contribution in [0.3, 0.4) is 0 Å². The zero-order chi connectivity index (χ0) is 14.7. The Hall–Kier alpha value is -1.86. The number of rotatable bonds is 4. The van der Waals surface area contributed by atoms with Crippen molar-refractivity contribution >= 4 is 0 Å². The van der Waals surface area contributed by atoms with E-state index in [9.17, 15) is 0 Å². The lowest BCUT2D eigenvalue weighted by molar-refractivity contribution is -0.0406. The van der Waals surface area contributed by atoms with Gasteiger partial charge in [0.25, 0.3) is 0 Å². The maximum atomic E-state index is 5.78. The van der Waals surface area contributed by atoms with Gasteiger partial charge in [0.05, 0.1) is 19.1 Å². The molecule has 21 heavy (non-hydrogen) atoms. The summed E-state index contributed by atoms with van der Waals surface area (Å²) in [5.74, 6) is 1.04. The van der Waals surface area contributed by atoms with Gasteiger partial charge in [-0.3, -0.25) is 4.90 Å². The third-order valence-electron chi connectivity index (χ3n) is 3.57. The van der Waals surface area contributed by atoms with Crippen molar-refractivity contribution in [1.29, 1.82) is 0 Å². The Morgan fingerprint density at radius 1 is 1.43 bits per heavy atom. The maximum Gasteiger partial charge on any atom is 0.229 e. The zero-order valence-electron chi connectivity index (χ0n) is 12.3. The van der Waals surface area contributed by atoms with Crippen LogP contribution in [-0.4, -0.2) is 57.1 Å². The van der Waals surface area contributed by atoms with Crippen molar-refractivity contribution in [2.24, 2.45) is 0 Å². The van der Waals surface area contributed by atoms with E-state index in [1.807, 2.05) is 0 Å². The van der Waals surface area contributed by atoms with E-state index in [4.69, 9.17) is 9.26 Å². The van der Waals surface area contributed by atoms with Crippen LogP contribution >= 0.6 is 0 Å².